The van der Waals surface area contributed by atoms with Crippen LogP contribution in [0.25, 0.3) is 234 Å². The van der Waals surface area contributed by atoms with Crippen molar-refractivity contribution >= 4 is 224 Å². The standard InChI is InChI=1S/C125H104N6O/c1-17-76-66(10)119-94(71-40-42-73(43-41-71)123-106-88(60-131(123)16)96-86-54-52-84-82-50-48-80-81-49-51-83-85-53-55-87-104-102(85)110-100(83)98(81)108-97(80)99(82)109-101(84)103(86)111-107(96)113(105(87)106)112(104)118-116(110)114(108)115(109)117(111)118)120-67(11)77(18-2)91(128-120)59-93-79(20-4)69(13)122(130-93)95(121-68(12)78(19-3)92(129-121)58-90(76)127-119)72-44-46-75(47-45-72)126-124(132)74-38-36-70(37-39-74)35-33-63(7)30-23-28-61(5)26-21-22-27-62(6)29-24-31-64(8)34-56-89-65(9)32-25-57-125(89,14)15/h21-24,26-31,33-56,58-59,123,127,130H,17-20,25,32,57,60H2,1-16H3,(H,126,132)/b22-21+,28-23+,29-24+,35-33+,56-34+,61-26+,62-27+,63-30+,64-31+,90-58?,91-59?,92-58?,93-59?,119-94?,120-94?,121-95?,122-95?. The number of hydrogen-bond donors (Lipinski definition) is 3. The van der Waals surface area contributed by atoms with Gasteiger partial charge in [-0.15, -0.1) is 0 Å². The van der Waals surface area contributed by atoms with E-state index in [2.05, 4.69) is 313 Å². The van der Waals surface area contributed by atoms with Crippen LogP contribution in [0, 0.1) is 19.3 Å². The minimum absolute atomic E-state index is 0.00306. The normalized spacial score (nSPS) is 16.7. The highest BCUT2D eigenvalue weighted by atomic mass is 16.1. The van der Waals surface area contributed by atoms with Crippen LogP contribution in [-0.4, -0.2) is 37.8 Å². The molecule has 3 aromatic heterocycles. The van der Waals surface area contributed by atoms with Crippen LogP contribution >= 0.6 is 0 Å². The number of aromatic amines is 2. The van der Waals surface area contributed by atoms with Crippen molar-refractivity contribution in [2.75, 3.05) is 12.4 Å². The molecule has 3 N–H and O–H groups in total. The fourth-order valence-corrected chi connectivity index (χ4v) is 26.5. The van der Waals surface area contributed by atoms with Gasteiger partial charge in [-0.05, 0) is 401 Å². The molecule has 0 radical (unpaired) electrons. The Balaban J connectivity index is 0.524. The molecule has 0 saturated heterocycles. The molecule has 26 rings (SSSR count). The zero-order chi connectivity index (χ0) is 89.7. The number of H-pyrrole nitrogens is 2. The van der Waals surface area contributed by atoms with Gasteiger partial charge < -0.3 is 15.3 Å². The van der Waals surface area contributed by atoms with Gasteiger partial charge in [0.05, 0.1) is 39.9 Å². The molecule has 132 heavy (non-hydrogen) atoms. The molecule has 0 spiro atoms. The van der Waals surface area contributed by atoms with Gasteiger partial charge in [0.25, 0.3) is 5.91 Å². The molecule has 1 aliphatic carbocycles. The predicted octanol–water partition coefficient (Wildman–Crippen LogP) is 34.4. The zero-order valence-corrected chi connectivity index (χ0v) is 78.3. The van der Waals surface area contributed by atoms with E-state index in [-0.39, 0.29) is 17.4 Å². The summed E-state index contributed by atoms with van der Waals surface area (Å²) in [5.74, 6) is -0.170. The number of amides is 1. The maximum Gasteiger partial charge on any atom is 0.255 e. The van der Waals surface area contributed by atoms with Crippen LogP contribution < -0.4 is 5.32 Å². The van der Waals surface area contributed by atoms with Crippen LogP contribution in [0.2, 0.25) is 0 Å². The van der Waals surface area contributed by atoms with E-state index in [0.717, 1.165) is 122 Å². The molecule has 6 heterocycles. The number of allylic oxidation sites excluding steroid dienone is 23. The SMILES string of the molecule is CCC1=C(C)c2nc1cc1[nH]c(c(C)c1CC)c(-c1ccc(NC(=O)c3ccc(/C=C/C(C)=C/C=C/C(C)=C/C=C/C=C(C)/C=C/C=C(C)/C=C/C4=C(C)CCCC4(C)C)cc3)cc1)c1nc(cc3[nH]c(c(C)c3CC)c2-c2ccc(C3c4c(c5c6ccc7c8ccc9c%10ccc%11c%12ccc%13c4c4c5c5c6c7c6c8c9c7c%10c%11c8c%12c%13c4c4c8c7c6c54)CN3C)cc2)C(CC)=C1C. The van der Waals surface area contributed by atoms with E-state index in [1.807, 2.05) is 36.4 Å². The number of anilines is 1. The van der Waals surface area contributed by atoms with Crippen molar-refractivity contribution in [2.24, 2.45) is 5.41 Å². The van der Waals surface area contributed by atoms with E-state index < -0.39 is 0 Å². The fraction of sp³-hybridized carbons (Fsp3) is 0.208. The lowest BCUT2D eigenvalue weighted by Gasteiger charge is -2.32. The van der Waals surface area contributed by atoms with Crippen LogP contribution in [0.15, 0.2) is 246 Å². The van der Waals surface area contributed by atoms with Crippen LogP contribution in [0.4, 0.5) is 5.69 Å². The van der Waals surface area contributed by atoms with Gasteiger partial charge in [-0.1, -0.05) is 252 Å². The second-order valence-corrected chi connectivity index (χ2v) is 40.1. The molecule has 0 fully saturated rings. The summed E-state index contributed by atoms with van der Waals surface area (Å²) in [7, 11) is 2.40. The molecule has 1 unspecified atom stereocenters. The molecule has 4 aliphatic rings. The van der Waals surface area contributed by atoms with Gasteiger partial charge in [0, 0.05) is 40.0 Å². The van der Waals surface area contributed by atoms with Gasteiger partial charge in [0.1, 0.15) is 0 Å². The van der Waals surface area contributed by atoms with Gasteiger partial charge in [0.15, 0.2) is 0 Å². The second-order valence-electron chi connectivity index (χ2n) is 40.1. The van der Waals surface area contributed by atoms with Crippen molar-refractivity contribution in [2.45, 2.75) is 161 Å². The lowest BCUT2D eigenvalue weighted by atomic mass is 9.72. The van der Waals surface area contributed by atoms with Crippen LogP contribution in [0.3, 0.4) is 0 Å². The second kappa shape index (κ2) is 28.2. The van der Waals surface area contributed by atoms with Gasteiger partial charge in [-0.3, -0.25) is 9.69 Å². The monoisotopic (exact) mass is 1700 g/mol. The highest BCUT2D eigenvalue weighted by Gasteiger charge is 2.44. The number of nitrogens with one attached hydrogen (secondary N) is 3. The quantitative estimate of drug-likeness (QED) is 0.0556. The number of hydrogen-bond acceptors (Lipinski definition) is 4. The molecule has 19 aromatic carbocycles. The average Bonchev–Trinajstić information content (AvgIpc) is 1.43. The highest BCUT2D eigenvalue weighted by Crippen LogP contribution is 2.70. The van der Waals surface area contributed by atoms with Crippen molar-refractivity contribution in [3.05, 3.63) is 319 Å². The summed E-state index contributed by atoms with van der Waals surface area (Å²) < 4.78 is 0. The first-order valence-corrected chi connectivity index (χ1v) is 48.1. The molecule has 640 valence electrons. The van der Waals surface area contributed by atoms with Crippen molar-refractivity contribution in [1.29, 1.82) is 0 Å². The van der Waals surface area contributed by atoms with E-state index in [1.54, 1.807) is 0 Å². The Kier molecular flexibility index (Phi) is 16.9. The molecule has 1 amide bonds. The molecule has 7 heteroatoms. The topological polar surface area (TPSA) is 89.7 Å². The summed E-state index contributed by atoms with van der Waals surface area (Å²) in [6.45, 7) is 34.7. The first kappa shape index (κ1) is 78.9. The number of aryl methyl sites for hydroxylation is 4. The maximum atomic E-state index is 14.2. The lowest BCUT2D eigenvalue weighted by molar-refractivity contribution is 0.102. The number of carbonyl (C=O) groups is 1. The first-order chi connectivity index (χ1) is 64.1. The Morgan fingerprint density at radius 1 is 0.447 bits per heavy atom. The van der Waals surface area contributed by atoms with E-state index in [9.17, 15) is 4.79 Å². The van der Waals surface area contributed by atoms with Crippen LogP contribution in [0.1, 0.15) is 206 Å². The van der Waals surface area contributed by atoms with Gasteiger partial charge in [-0.25, -0.2) is 9.97 Å². The van der Waals surface area contributed by atoms with E-state index in [0.29, 0.717) is 11.3 Å². The van der Waals surface area contributed by atoms with Crippen LogP contribution in [0.5, 0.6) is 0 Å². The van der Waals surface area contributed by atoms with Crippen molar-refractivity contribution in [1.82, 2.24) is 24.8 Å². The fourth-order valence-electron chi connectivity index (χ4n) is 26.5. The molecule has 8 bridgehead atoms. The lowest BCUT2D eigenvalue weighted by Crippen LogP contribution is -2.19. The minimum Gasteiger partial charge on any atom is -0.354 e. The van der Waals surface area contributed by atoms with Crippen LogP contribution in [-0.2, 0) is 19.4 Å². The minimum atomic E-state index is -0.170. The smallest absolute Gasteiger partial charge is 0.255 e. The number of nitrogens with zero attached hydrogens (tertiary/aromatic N) is 3. The molecule has 22 aromatic rings. The number of carbonyl (C=O) groups excluding carboxylic acids is 1. The Labute approximate surface area is 768 Å². The Morgan fingerprint density at radius 2 is 0.841 bits per heavy atom. The van der Waals surface area contributed by atoms with Gasteiger partial charge >= 0.3 is 0 Å². The Morgan fingerprint density at radius 3 is 1.30 bits per heavy atom. The summed E-state index contributed by atoms with van der Waals surface area (Å²) in [5.41, 5.74) is 36.7. The zero-order valence-electron chi connectivity index (χ0n) is 78.3. The molecular weight excluding hydrogens is 1600 g/mol. The summed E-state index contributed by atoms with van der Waals surface area (Å²) in [4.78, 5) is 36.9. The maximum absolute atomic E-state index is 14.2. The average molecular weight is 1710 g/mol. The molecule has 7 nitrogen and oxygen atoms in total. The van der Waals surface area contributed by atoms with Gasteiger partial charge in [0.2, 0.25) is 0 Å². The number of benzene rings is 13. The highest BCUT2D eigenvalue weighted by molar-refractivity contribution is 6.71. The first-order valence-electron chi connectivity index (χ1n) is 48.1. The number of fused-ring (bicyclic) bond motifs is 16. The summed E-state index contributed by atoms with van der Waals surface area (Å²) >= 11 is 0. The Hall–Kier alpha value is -14.1. The third-order valence-corrected chi connectivity index (χ3v) is 32.5. The van der Waals surface area contributed by atoms with Crippen molar-refractivity contribution in [3.8, 4) is 22.3 Å². The molecule has 3 aliphatic heterocycles. The van der Waals surface area contributed by atoms with Gasteiger partial charge in [-0.2, -0.15) is 0 Å². The summed E-state index contributed by atoms with van der Waals surface area (Å²) in [5, 5.41) is 47.8. The van der Waals surface area contributed by atoms with Crippen molar-refractivity contribution < 1.29 is 4.79 Å². The third-order valence-electron chi connectivity index (χ3n) is 32.5. The molecule has 1 atom stereocenters. The summed E-state index contributed by atoms with van der Waals surface area (Å²) in [6, 6.07) is 50.8. The van der Waals surface area contributed by atoms with Crippen molar-refractivity contribution in [3.63, 3.8) is 0 Å². The predicted molar refractivity (Wildman–Crippen MR) is 569 cm³/mol. The number of rotatable bonds is 19. The third kappa shape index (κ3) is 10.5. The van der Waals surface area contributed by atoms with E-state index in [1.165, 1.54) is 259 Å². The largest absolute Gasteiger partial charge is 0.354 e. The molecular formula is C125H104N6O. The van der Waals surface area contributed by atoms with E-state index >= 15 is 0 Å². The Bertz CT molecular complexity index is 9250. The molecule has 0 saturated carbocycles. The van der Waals surface area contributed by atoms with E-state index in [4.69, 9.17) is 9.97 Å². The summed E-state index contributed by atoms with van der Waals surface area (Å²) in [6.07, 6.45) is 37.1. The number of aromatic nitrogens is 4.